The fraction of sp³-hybridized carbons (Fsp3) is 0.818. The largest absolute Gasteiger partial charge is 0.352 e. The average molecular weight is 194 g/mol. The third-order valence-corrected chi connectivity index (χ3v) is 3.06. The lowest BCUT2D eigenvalue weighted by atomic mass is 9.80. The smallest absolute Gasteiger partial charge is 0.240 e. The number of nitrogens with one attached hydrogen (secondary N) is 1. The summed E-state index contributed by atoms with van der Waals surface area (Å²) in [5.41, 5.74) is -0.905. The SMILES string of the molecule is CC(NC(=O)C(C)(C)C#N)C1CCC1. The monoisotopic (exact) mass is 194 g/mol. The summed E-state index contributed by atoms with van der Waals surface area (Å²) in [6, 6.07) is 2.22. The molecule has 1 aliphatic rings. The van der Waals surface area contributed by atoms with Crippen LogP contribution in [0, 0.1) is 22.7 Å². The van der Waals surface area contributed by atoms with Gasteiger partial charge in [0.05, 0.1) is 6.07 Å². The van der Waals surface area contributed by atoms with E-state index in [1.54, 1.807) is 13.8 Å². The Morgan fingerprint density at radius 1 is 1.57 bits per heavy atom. The Morgan fingerprint density at radius 3 is 2.50 bits per heavy atom. The molecule has 0 aromatic rings. The number of amides is 1. The molecule has 1 unspecified atom stereocenters. The zero-order valence-corrected chi connectivity index (χ0v) is 9.13. The molecule has 1 N–H and O–H groups in total. The van der Waals surface area contributed by atoms with Gasteiger partial charge in [-0.1, -0.05) is 6.42 Å². The van der Waals surface area contributed by atoms with Crippen LogP contribution in [0.5, 0.6) is 0 Å². The molecule has 3 heteroatoms. The summed E-state index contributed by atoms with van der Waals surface area (Å²) in [5, 5.41) is 11.7. The first-order valence-corrected chi connectivity index (χ1v) is 5.19. The van der Waals surface area contributed by atoms with Gasteiger partial charge in [0.15, 0.2) is 0 Å². The van der Waals surface area contributed by atoms with Crippen molar-refractivity contribution >= 4 is 5.91 Å². The van der Waals surface area contributed by atoms with Gasteiger partial charge in [0.2, 0.25) is 5.91 Å². The molecular formula is C11H18N2O. The van der Waals surface area contributed by atoms with Crippen molar-refractivity contribution in [3.05, 3.63) is 0 Å². The quantitative estimate of drug-likeness (QED) is 0.745. The fourth-order valence-electron chi connectivity index (χ4n) is 1.50. The molecule has 1 amide bonds. The molecule has 0 aromatic carbocycles. The molecule has 1 atom stereocenters. The molecule has 78 valence electrons. The van der Waals surface area contributed by atoms with E-state index >= 15 is 0 Å². The summed E-state index contributed by atoms with van der Waals surface area (Å²) in [6.45, 7) is 5.32. The van der Waals surface area contributed by atoms with E-state index in [-0.39, 0.29) is 11.9 Å². The van der Waals surface area contributed by atoms with Crippen LogP contribution in [0.3, 0.4) is 0 Å². The summed E-state index contributed by atoms with van der Waals surface area (Å²) < 4.78 is 0. The minimum absolute atomic E-state index is 0.153. The number of hydrogen-bond donors (Lipinski definition) is 1. The van der Waals surface area contributed by atoms with E-state index in [1.165, 1.54) is 19.3 Å². The maximum Gasteiger partial charge on any atom is 0.240 e. The number of nitriles is 1. The van der Waals surface area contributed by atoms with E-state index in [0.29, 0.717) is 5.92 Å². The van der Waals surface area contributed by atoms with Crippen LogP contribution in [0.25, 0.3) is 0 Å². The maximum absolute atomic E-state index is 11.6. The molecule has 0 aromatic heterocycles. The number of carbonyl (C=O) groups is 1. The lowest BCUT2D eigenvalue weighted by Crippen LogP contribution is -2.45. The Labute approximate surface area is 85.5 Å². The van der Waals surface area contributed by atoms with Crippen LogP contribution in [0.15, 0.2) is 0 Å². The molecule has 0 aliphatic heterocycles. The van der Waals surface area contributed by atoms with Crippen LogP contribution >= 0.6 is 0 Å². The van der Waals surface area contributed by atoms with Gasteiger partial charge in [-0.3, -0.25) is 4.79 Å². The number of rotatable bonds is 3. The molecule has 1 rings (SSSR count). The second-order valence-corrected chi connectivity index (χ2v) is 4.69. The highest BCUT2D eigenvalue weighted by molar-refractivity contribution is 5.84. The summed E-state index contributed by atoms with van der Waals surface area (Å²) >= 11 is 0. The van der Waals surface area contributed by atoms with Crippen LogP contribution in [-0.4, -0.2) is 11.9 Å². The van der Waals surface area contributed by atoms with Crippen molar-refractivity contribution in [1.82, 2.24) is 5.32 Å². The minimum atomic E-state index is -0.905. The molecule has 1 fully saturated rings. The van der Waals surface area contributed by atoms with Crippen molar-refractivity contribution in [1.29, 1.82) is 5.26 Å². The first-order valence-electron chi connectivity index (χ1n) is 5.19. The summed E-state index contributed by atoms with van der Waals surface area (Å²) in [6.07, 6.45) is 3.68. The highest BCUT2D eigenvalue weighted by atomic mass is 16.2. The Bertz CT molecular complexity index is 261. The molecule has 0 bridgehead atoms. The van der Waals surface area contributed by atoms with Gasteiger partial charge in [-0.15, -0.1) is 0 Å². The van der Waals surface area contributed by atoms with Crippen molar-refractivity contribution in [3.8, 4) is 6.07 Å². The predicted octanol–water partition coefficient (Wildman–Crippen LogP) is 1.84. The van der Waals surface area contributed by atoms with E-state index in [1.807, 2.05) is 13.0 Å². The van der Waals surface area contributed by atoms with Gasteiger partial charge in [0.1, 0.15) is 5.41 Å². The van der Waals surface area contributed by atoms with E-state index in [4.69, 9.17) is 5.26 Å². The molecular weight excluding hydrogens is 176 g/mol. The van der Waals surface area contributed by atoms with Crippen molar-refractivity contribution in [2.45, 2.75) is 46.1 Å². The fourth-order valence-corrected chi connectivity index (χ4v) is 1.50. The van der Waals surface area contributed by atoms with Crippen LogP contribution in [-0.2, 0) is 4.79 Å². The lowest BCUT2D eigenvalue weighted by Gasteiger charge is -2.33. The zero-order chi connectivity index (χ0) is 10.8. The van der Waals surface area contributed by atoms with Crippen LogP contribution in [0.1, 0.15) is 40.0 Å². The minimum Gasteiger partial charge on any atom is -0.352 e. The summed E-state index contributed by atoms with van der Waals surface area (Å²) in [5.74, 6) is 0.466. The third kappa shape index (κ3) is 2.25. The Balaban J connectivity index is 2.44. The molecule has 0 radical (unpaired) electrons. The van der Waals surface area contributed by atoms with Gasteiger partial charge in [0, 0.05) is 6.04 Å². The molecule has 1 saturated carbocycles. The van der Waals surface area contributed by atoms with Crippen molar-refractivity contribution in [2.24, 2.45) is 11.3 Å². The third-order valence-electron chi connectivity index (χ3n) is 3.06. The highest BCUT2D eigenvalue weighted by Crippen LogP contribution is 2.29. The van der Waals surface area contributed by atoms with Gasteiger partial charge < -0.3 is 5.32 Å². The number of carbonyl (C=O) groups excluding carboxylic acids is 1. The number of hydrogen-bond acceptors (Lipinski definition) is 2. The van der Waals surface area contributed by atoms with Gasteiger partial charge in [-0.25, -0.2) is 0 Å². The van der Waals surface area contributed by atoms with Gasteiger partial charge >= 0.3 is 0 Å². The second kappa shape index (κ2) is 4.00. The van der Waals surface area contributed by atoms with Crippen LogP contribution in [0.2, 0.25) is 0 Å². The molecule has 0 saturated heterocycles. The molecule has 0 heterocycles. The average Bonchev–Trinajstić information content (AvgIpc) is 2.00. The molecule has 3 nitrogen and oxygen atoms in total. The second-order valence-electron chi connectivity index (χ2n) is 4.69. The molecule has 1 aliphatic carbocycles. The van der Waals surface area contributed by atoms with Gasteiger partial charge in [0.25, 0.3) is 0 Å². The van der Waals surface area contributed by atoms with Crippen LogP contribution in [0.4, 0.5) is 0 Å². The lowest BCUT2D eigenvalue weighted by molar-refractivity contribution is -0.128. The first-order chi connectivity index (χ1) is 6.47. The maximum atomic E-state index is 11.6. The van der Waals surface area contributed by atoms with E-state index in [0.717, 1.165) is 0 Å². The van der Waals surface area contributed by atoms with Crippen molar-refractivity contribution in [2.75, 3.05) is 0 Å². The van der Waals surface area contributed by atoms with E-state index < -0.39 is 5.41 Å². The highest BCUT2D eigenvalue weighted by Gasteiger charge is 2.31. The number of nitrogens with zero attached hydrogens (tertiary/aromatic N) is 1. The predicted molar refractivity (Wildman–Crippen MR) is 54.3 cm³/mol. The van der Waals surface area contributed by atoms with Crippen molar-refractivity contribution in [3.63, 3.8) is 0 Å². The normalized spacial score (nSPS) is 19.3. The standard InChI is InChI=1S/C11H18N2O/c1-8(9-5-4-6-9)13-10(14)11(2,3)7-12/h8-9H,4-6H2,1-3H3,(H,13,14). The Morgan fingerprint density at radius 2 is 2.14 bits per heavy atom. The first kappa shape index (κ1) is 11.0. The van der Waals surface area contributed by atoms with Gasteiger partial charge in [-0.2, -0.15) is 5.26 Å². The van der Waals surface area contributed by atoms with Gasteiger partial charge in [-0.05, 0) is 39.5 Å². The van der Waals surface area contributed by atoms with Crippen LogP contribution < -0.4 is 5.32 Å². The van der Waals surface area contributed by atoms with Crippen molar-refractivity contribution < 1.29 is 4.79 Å². The molecule has 14 heavy (non-hydrogen) atoms. The van der Waals surface area contributed by atoms with E-state index in [9.17, 15) is 4.79 Å². The Hall–Kier alpha value is -1.04. The summed E-state index contributed by atoms with van der Waals surface area (Å²) in [7, 11) is 0. The summed E-state index contributed by atoms with van der Waals surface area (Å²) in [4.78, 5) is 11.6. The van der Waals surface area contributed by atoms with E-state index in [2.05, 4.69) is 5.32 Å². The Kier molecular flexibility index (Phi) is 3.15. The molecule has 0 spiro atoms. The topological polar surface area (TPSA) is 52.9 Å². The zero-order valence-electron chi connectivity index (χ0n) is 9.13.